The maximum Gasteiger partial charge on any atom is 0.0582 e. The van der Waals surface area contributed by atoms with E-state index in [9.17, 15) is 5.11 Å². The summed E-state index contributed by atoms with van der Waals surface area (Å²) in [5, 5.41) is 9.60. The van der Waals surface area contributed by atoms with Gasteiger partial charge in [0, 0.05) is 18.6 Å². The third kappa shape index (κ3) is 2.66. The normalized spacial score (nSPS) is 30.0. The molecule has 1 rings (SSSR count). The summed E-state index contributed by atoms with van der Waals surface area (Å²) >= 11 is 0. The first kappa shape index (κ1) is 11.0. The highest BCUT2D eigenvalue weighted by Gasteiger charge is 2.33. The van der Waals surface area contributed by atoms with Gasteiger partial charge in [-0.05, 0) is 26.2 Å². The molecular weight excluding hydrogens is 166 g/mol. The molecular formula is C10H21NO2. The van der Waals surface area contributed by atoms with E-state index in [1.54, 1.807) is 0 Å². The molecule has 0 aromatic rings. The summed E-state index contributed by atoms with van der Waals surface area (Å²) in [6, 6.07) is 0. The third-order valence-corrected chi connectivity index (χ3v) is 3.19. The van der Waals surface area contributed by atoms with Crippen LogP contribution in [0.5, 0.6) is 0 Å². The molecule has 3 unspecified atom stereocenters. The Balaban J connectivity index is 2.46. The molecule has 1 heterocycles. The lowest BCUT2D eigenvalue weighted by molar-refractivity contribution is 0.00274. The Labute approximate surface area is 80.3 Å². The number of nitrogens with two attached hydrogens (primary N) is 1. The van der Waals surface area contributed by atoms with Crippen molar-refractivity contribution in [2.75, 3.05) is 13.2 Å². The van der Waals surface area contributed by atoms with Crippen molar-refractivity contribution >= 4 is 0 Å². The maximum atomic E-state index is 9.60. The van der Waals surface area contributed by atoms with Crippen LogP contribution in [-0.4, -0.2) is 30.5 Å². The Kier molecular flexibility index (Phi) is 3.71. The van der Waals surface area contributed by atoms with Crippen LogP contribution >= 0.6 is 0 Å². The Morgan fingerprint density at radius 2 is 2.38 bits per heavy atom. The first-order valence-corrected chi connectivity index (χ1v) is 5.08. The molecule has 3 nitrogen and oxygen atoms in total. The fourth-order valence-electron chi connectivity index (χ4n) is 1.75. The molecule has 0 radical (unpaired) electrons. The molecule has 0 amide bonds. The van der Waals surface area contributed by atoms with E-state index in [0.717, 1.165) is 25.9 Å². The van der Waals surface area contributed by atoms with Crippen molar-refractivity contribution in [2.45, 2.75) is 45.3 Å². The molecule has 3 N–H and O–H groups in total. The average molecular weight is 187 g/mol. The van der Waals surface area contributed by atoms with Gasteiger partial charge in [0.2, 0.25) is 0 Å². The summed E-state index contributed by atoms with van der Waals surface area (Å²) in [5.74, 6) is 0. The van der Waals surface area contributed by atoms with Crippen molar-refractivity contribution in [3.05, 3.63) is 0 Å². The first-order valence-electron chi connectivity index (χ1n) is 5.08. The SMILES string of the molecule is CC(O)C(C)(CN)CC1CCCO1. The van der Waals surface area contributed by atoms with Crippen molar-refractivity contribution in [3.63, 3.8) is 0 Å². The van der Waals surface area contributed by atoms with Gasteiger partial charge in [-0.3, -0.25) is 0 Å². The minimum atomic E-state index is -0.360. The topological polar surface area (TPSA) is 55.5 Å². The number of hydrogen-bond donors (Lipinski definition) is 2. The molecule has 1 fully saturated rings. The zero-order chi connectivity index (χ0) is 9.90. The monoisotopic (exact) mass is 187 g/mol. The average Bonchev–Trinajstić information content (AvgIpc) is 2.56. The lowest BCUT2D eigenvalue weighted by Crippen LogP contribution is -2.40. The lowest BCUT2D eigenvalue weighted by Gasteiger charge is -2.33. The van der Waals surface area contributed by atoms with Crippen LogP contribution in [0.1, 0.15) is 33.1 Å². The minimum Gasteiger partial charge on any atom is -0.393 e. The van der Waals surface area contributed by atoms with Crippen molar-refractivity contribution in [2.24, 2.45) is 11.1 Å². The number of aliphatic hydroxyl groups excluding tert-OH is 1. The van der Waals surface area contributed by atoms with Gasteiger partial charge in [0.05, 0.1) is 12.2 Å². The highest BCUT2D eigenvalue weighted by atomic mass is 16.5. The van der Waals surface area contributed by atoms with Crippen molar-refractivity contribution in [1.82, 2.24) is 0 Å². The summed E-state index contributed by atoms with van der Waals surface area (Å²) in [5.41, 5.74) is 5.49. The van der Waals surface area contributed by atoms with Gasteiger partial charge in [0.1, 0.15) is 0 Å². The lowest BCUT2D eigenvalue weighted by atomic mass is 9.79. The van der Waals surface area contributed by atoms with Gasteiger partial charge in [-0.15, -0.1) is 0 Å². The molecule has 1 saturated heterocycles. The standard InChI is InChI=1S/C10H21NO2/c1-8(12)10(2,7-11)6-9-4-3-5-13-9/h8-9,12H,3-7,11H2,1-2H3. The number of ether oxygens (including phenoxy) is 1. The number of hydrogen-bond acceptors (Lipinski definition) is 3. The molecule has 0 spiro atoms. The van der Waals surface area contributed by atoms with Crippen LogP contribution in [0.25, 0.3) is 0 Å². The predicted molar refractivity (Wildman–Crippen MR) is 52.4 cm³/mol. The summed E-state index contributed by atoms with van der Waals surface area (Å²) in [4.78, 5) is 0. The molecule has 0 saturated carbocycles. The Hall–Kier alpha value is -0.120. The quantitative estimate of drug-likeness (QED) is 0.687. The molecule has 0 aromatic heterocycles. The highest BCUT2D eigenvalue weighted by Crippen LogP contribution is 2.31. The highest BCUT2D eigenvalue weighted by molar-refractivity contribution is 4.85. The number of rotatable bonds is 4. The van der Waals surface area contributed by atoms with Crippen LogP contribution < -0.4 is 5.73 Å². The second kappa shape index (κ2) is 4.40. The largest absolute Gasteiger partial charge is 0.393 e. The second-order valence-electron chi connectivity index (χ2n) is 4.37. The van der Waals surface area contributed by atoms with E-state index in [-0.39, 0.29) is 11.5 Å². The van der Waals surface area contributed by atoms with Crippen LogP contribution in [0.4, 0.5) is 0 Å². The van der Waals surface area contributed by atoms with Crippen molar-refractivity contribution in [3.8, 4) is 0 Å². The van der Waals surface area contributed by atoms with Crippen LogP contribution in [0.15, 0.2) is 0 Å². The van der Waals surface area contributed by atoms with Gasteiger partial charge in [-0.2, -0.15) is 0 Å². The summed E-state index contributed by atoms with van der Waals surface area (Å²) in [6.45, 7) is 5.22. The van der Waals surface area contributed by atoms with Gasteiger partial charge >= 0.3 is 0 Å². The van der Waals surface area contributed by atoms with E-state index in [1.165, 1.54) is 0 Å². The molecule has 1 aliphatic heterocycles. The minimum absolute atomic E-state index is 0.186. The van der Waals surface area contributed by atoms with E-state index in [2.05, 4.69) is 0 Å². The van der Waals surface area contributed by atoms with E-state index in [0.29, 0.717) is 12.6 Å². The summed E-state index contributed by atoms with van der Waals surface area (Å²) in [7, 11) is 0. The van der Waals surface area contributed by atoms with Crippen LogP contribution in [0.3, 0.4) is 0 Å². The Morgan fingerprint density at radius 3 is 2.77 bits per heavy atom. The third-order valence-electron chi connectivity index (χ3n) is 3.19. The Morgan fingerprint density at radius 1 is 1.69 bits per heavy atom. The molecule has 0 aromatic carbocycles. The first-order chi connectivity index (χ1) is 6.08. The zero-order valence-electron chi connectivity index (χ0n) is 8.62. The molecule has 1 aliphatic rings. The molecule has 13 heavy (non-hydrogen) atoms. The van der Waals surface area contributed by atoms with Gasteiger partial charge in [-0.25, -0.2) is 0 Å². The van der Waals surface area contributed by atoms with Crippen LogP contribution in [0.2, 0.25) is 0 Å². The molecule has 0 bridgehead atoms. The van der Waals surface area contributed by atoms with Gasteiger partial charge in [0.25, 0.3) is 0 Å². The molecule has 78 valence electrons. The van der Waals surface area contributed by atoms with E-state index >= 15 is 0 Å². The van der Waals surface area contributed by atoms with Gasteiger partial charge in [-0.1, -0.05) is 6.92 Å². The maximum absolute atomic E-state index is 9.60. The van der Waals surface area contributed by atoms with Gasteiger partial charge < -0.3 is 15.6 Å². The van der Waals surface area contributed by atoms with E-state index in [1.807, 2.05) is 13.8 Å². The molecule has 3 heteroatoms. The van der Waals surface area contributed by atoms with E-state index in [4.69, 9.17) is 10.5 Å². The van der Waals surface area contributed by atoms with Gasteiger partial charge in [0.15, 0.2) is 0 Å². The molecule has 3 atom stereocenters. The van der Waals surface area contributed by atoms with Crippen molar-refractivity contribution < 1.29 is 9.84 Å². The smallest absolute Gasteiger partial charge is 0.0582 e. The van der Waals surface area contributed by atoms with E-state index < -0.39 is 0 Å². The zero-order valence-corrected chi connectivity index (χ0v) is 8.62. The summed E-state index contributed by atoms with van der Waals surface area (Å²) in [6.07, 6.45) is 3.08. The van der Waals surface area contributed by atoms with Crippen molar-refractivity contribution in [1.29, 1.82) is 0 Å². The molecule has 0 aliphatic carbocycles. The van der Waals surface area contributed by atoms with Crippen LogP contribution in [0, 0.1) is 5.41 Å². The van der Waals surface area contributed by atoms with Crippen LogP contribution in [-0.2, 0) is 4.74 Å². The summed E-state index contributed by atoms with van der Waals surface area (Å²) < 4.78 is 5.53. The predicted octanol–water partition coefficient (Wildman–Crippen LogP) is 0.901. The fourth-order valence-corrected chi connectivity index (χ4v) is 1.75. The Bertz CT molecular complexity index is 155. The fraction of sp³-hybridized carbons (Fsp3) is 1.00. The number of aliphatic hydroxyl groups is 1. The second-order valence-corrected chi connectivity index (χ2v) is 4.37.